The summed E-state index contributed by atoms with van der Waals surface area (Å²) >= 11 is 0. The fourth-order valence-electron chi connectivity index (χ4n) is 3.28. The van der Waals surface area contributed by atoms with Crippen LogP contribution >= 0.6 is 0 Å². The first kappa shape index (κ1) is 24.1. The van der Waals surface area contributed by atoms with Crippen molar-refractivity contribution in [3.63, 3.8) is 0 Å². The van der Waals surface area contributed by atoms with E-state index in [4.69, 9.17) is 4.74 Å². The molecule has 0 aliphatic heterocycles. The molecule has 0 bridgehead atoms. The zero-order chi connectivity index (χ0) is 21.9. The Labute approximate surface area is 179 Å². The van der Waals surface area contributed by atoms with Gasteiger partial charge < -0.3 is 14.4 Å². The van der Waals surface area contributed by atoms with Gasteiger partial charge in [0, 0.05) is 37.0 Å². The molecule has 2 rings (SSSR count). The van der Waals surface area contributed by atoms with E-state index in [1.54, 1.807) is 12.1 Å². The Morgan fingerprint density at radius 2 is 2.00 bits per heavy atom. The minimum Gasteiger partial charge on any atom is -0.463 e. The molecule has 0 amide bonds. The van der Waals surface area contributed by atoms with Gasteiger partial charge in [0.15, 0.2) is 0 Å². The predicted molar refractivity (Wildman–Crippen MR) is 117 cm³/mol. The minimum absolute atomic E-state index is 0.00719. The smallest absolute Gasteiger partial charge is 0.305 e. The predicted octanol–water partition coefficient (Wildman–Crippen LogP) is 4.23. The van der Waals surface area contributed by atoms with Crippen LogP contribution in [-0.4, -0.2) is 46.3 Å². The van der Waals surface area contributed by atoms with Gasteiger partial charge in [-0.3, -0.25) is 9.69 Å². The van der Waals surface area contributed by atoms with Crippen molar-refractivity contribution in [3.8, 4) is 0 Å². The lowest BCUT2D eigenvalue weighted by Gasteiger charge is -2.26. The summed E-state index contributed by atoms with van der Waals surface area (Å²) in [6.07, 6.45) is 3.30. The average Bonchev–Trinajstić information content (AvgIpc) is 3.13. The molecule has 0 spiro atoms. The second-order valence-electron chi connectivity index (χ2n) is 8.22. The molecule has 1 aromatic carbocycles. The monoisotopic (exact) mass is 418 g/mol. The van der Waals surface area contributed by atoms with Crippen LogP contribution in [0.4, 0.5) is 4.39 Å². The van der Waals surface area contributed by atoms with E-state index in [0.717, 1.165) is 25.1 Å². The number of hydrogen-bond acceptors (Lipinski definition) is 4. The van der Waals surface area contributed by atoms with E-state index in [0.29, 0.717) is 37.5 Å². The Hall–Kier alpha value is -2.18. The van der Waals surface area contributed by atoms with E-state index in [1.165, 1.54) is 6.07 Å². The fourth-order valence-corrected chi connectivity index (χ4v) is 3.28. The molecule has 1 atom stereocenters. The van der Waals surface area contributed by atoms with Crippen LogP contribution in [0.2, 0.25) is 0 Å². The molecule has 30 heavy (non-hydrogen) atoms. The molecule has 1 N–H and O–H groups in total. The molecule has 2 aromatic rings. The van der Waals surface area contributed by atoms with Crippen molar-refractivity contribution in [3.05, 3.63) is 59.7 Å². The third-order valence-electron chi connectivity index (χ3n) is 4.99. The molecular formula is C24H35FN2O3. The Bertz CT molecular complexity index is 775. The van der Waals surface area contributed by atoms with E-state index in [1.807, 2.05) is 35.9 Å². The first-order valence-corrected chi connectivity index (χ1v) is 10.8. The normalized spacial score (nSPS) is 12.5. The lowest BCUT2D eigenvalue weighted by atomic mass is 10.1. The van der Waals surface area contributed by atoms with Crippen LogP contribution in [0.1, 0.15) is 51.3 Å². The van der Waals surface area contributed by atoms with Crippen molar-refractivity contribution in [1.82, 2.24) is 9.47 Å². The van der Waals surface area contributed by atoms with Crippen LogP contribution in [-0.2, 0) is 22.6 Å². The molecule has 0 saturated heterocycles. The number of esters is 1. The Kier molecular flexibility index (Phi) is 10.0. The van der Waals surface area contributed by atoms with Gasteiger partial charge in [0.1, 0.15) is 18.5 Å². The minimum atomic E-state index is -0.743. The fraction of sp³-hybridized carbons (Fsp3) is 0.542. The molecule has 0 aliphatic rings. The highest BCUT2D eigenvalue weighted by Gasteiger charge is 2.16. The van der Waals surface area contributed by atoms with E-state index in [9.17, 15) is 14.3 Å². The maximum Gasteiger partial charge on any atom is 0.305 e. The number of hydrogen-bond donors (Lipinski definition) is 1. The molecule has 0 aliphatic carbocycles. The van der Waals surface area contributed by atoms with E-state index < -0.39 is 6.10 Å². The van der Waals surface area contributed by atoms with Gasteiger partial charge in [-0.25, -0.2) is 4.39 Å². The number of carbonyl (C=O) groups excluding carboxylic acids is 1. The lowest BCUT2D eigenvalue weighted by molar-refractivity contribution is -0.147. The lowest BCUT2D eigenvalue weighted by Crippen LogP contribution is -2.36. The second kappa shape index (κ2) is 12.5. The SMILES string of the molecule is CCCC(=O)OCC(O)CN(CCC(C)C)Cc1cccn1Cc1ccccc1F. The molecule has 1 heterocycles. The van der Waals surface area contributed by atoms with Crippen molar-refractivity contribution in [2.45, 2.75) is 59.2 Å². The molecular weight excluding hydrogens is 383 g/mol. The number of ether oxygens (including phenoxy) is 1. The third kappa shape index (κ3) is 8.28. The summed E-state index contributed by atoms with van der Waals surface area (Å²) in [6, 6.07) is 10.8. The van der Waals surface area contributed by atoms with E-state index >= 15 is 0 Å². The third-order valence-corrected chi connectivity index (χ3v) is 4.99. The zero-order valence-corrected chi connectivity index (χ0v) is 18.4. The molecule has 6 heteroatoms. The van der Waals surface area contributed by atoms with Crippen LogP contribution < -0.4 is 0 Å². The molecule has 0 saturated carbocycles. The average molecular weight is 419 g/mol. The van der Waals surface area contributed by atoms with E-state index in [-0.39, 0.29) is 18.4 Å². The van der Waals surface area contributed by atoms with Crippen molar-refractivity contribution in [1.29, 1.82) is 0 Å². The van der Waals surface area contributed by atoms with Crippen LogP contribution in [0, 0.1) is 11.7 Å². The molecule has 5 nitrogen and oxygen atoms in total. The number of nitrogens with zero attached hydrogens (tertiary/aromatic N) is 2. The number of halogens is 1. The zero-order valence-electron chi connectivity index (χ0n) is 18.4. The largest absolute Gasteiger partial charge is 0.463 e. The van der Waals surface area contributed by atoms with Gasteiger partial charge in [0.2, 0.25) is 0 Å². The van der Waals surface area contributed by atoms with Crippen LogP contribution in [0.3, 0.4) is 0 Å². The Balaban J connectivity index is 2.01. The van der Waals surface area contributed by atoms with Crippen LogP contribution in [0.25, 0.3) is 0 Å². The first-order chi connectivity index (χ1) is 14.4. The standard InChI is InChI=1S/C24H35FN2O3/c1-4-8-24(29)30-18-22(28)17-26(14-12-19(2)3)16-21-10-7-13-27(21)15-20-9-5-6-11-23(20)25/h5-7,9-11,13,19,22,28H,4,8,12,14-18H2,1-3H3. The van der Waals surface area contributed by atoms with Crippen molar-refractivity contribution >= 4 is 5.97 Å². The Morgan fingerprint density at radius 3 is 2.70 bits per heavy atom. The summed E-state index contributed by atoms with van der Waals surface area (Å²) in [5.41, 5.74) is 1.70. The maximum atomic E-state index is 14.1. The summed E-state index contributed by atoms with van der Waals surface area (Å²) < 4.78 is 21.3. The van der Waals surface area contributed by atoms with Gasteiger partial charge in [-0.15, -0.1) is 0 Å². The number of aromatic nitrogens is 1. The highest BCUT2D eigenvalue weighted by Crippen LogP contribution is 2.14. The summed E-state index contributed by atoms with van der Waals surface area (Å²) in [5.74, 6) is 0.0550. The number of rotatable bonds is 13. The van der Waals surface area contributed by atoms with Crippen molar-refractivity contribution < 1.29 is 19.0 Å². The topological polar surface area (TPSA) is 54.7 Å². The first-order valence-electron chi connectivity index (χ1n) is 10.8. The molecule has 0 radical (unpaired) electrons. The second-order valence-corrected chi connectivity index (χ2v) is 8.22. The van der Waals surface area contributed by atoms with Gasteiger partial charge >= 0.3 is 5.97 Å². The molecule has 0 fully saturated rings. The summed E-state index contributed by atoms with van der Waals surface area (Å²) in [7, 11) is 0. The molecule has 1 aromatic heterocycles. The van der Waals surface area contributed by atoms with Gasteiger partial charge in [0.25, 0.3) is 0 Å². The van der Waals surface area contributed by atoms with Gasteiger partial charge in [-0.05, 0) is 43.5 Å². The number of aliphatic hydroxyl groups is 1. The van der Waals surface area contributed by atoms with Crippen LogP contribution in [0.5, 0.6) is 0 Å². The van der Waals surface area contributed by atoms with E-state index in [2.05, 4.69) is 18.7 Å². The number of carbonyl (C=O) groups is 1. The van der Waals surface area contributed by atoms with Gasteiger partial charge in [-0.1, -0.05) is 39.0 Å². The number of aliphatic hydroxyl groups excluding tert-OH is 1. The summed E-state index contributed by atoms with van der Waals surface area (Å²) in [6.45, 7) is 8.59. The van der Waals surface area contributed by atoms with Crippen molar-refractivity contribution in [2.24, 2.45) is 5.92 Å². The quantitative estimate of drug-likeness (QED) is 0.495. The highest BCUT2D eigenvalue weighted by molar-refractivity contribution is 5.69. The summed E-state index contributed by atoms with van der Waals surface area (Å²) in [4.78, 5) is 13.7. The Morgan fingerprint density at radius 1 is 1.23 bits per heavy atom. The van der Waals surface area contributed by atoms with Crippen LogP contribution in [0.15, 0.2) is 42.6 Å². The molecule has 1 unspecified atom stereocenters. The van der Waals surface area contributed by atoms with Crippen molar-refractivity contribution in [2.75, 3.05) is 19.7 Å². The maximum absolute atomic E-state index is 14.1. The number of benzene rings is 1. The van der Waals surface area contributed by atoms with Gasteiger partial charge in [0.05, 0.1) is 6.54 Å². The highest BCUT2D eigenvalue weighted by atomic mass is 19.1. The molecule has 166 valence electrons. The van der Waals surface area contributed by atoms with Gasteiger partial charge in [-0.2, -0.15) is 0 Å². The summed E-state index contributed by atoms with van der Waals surface area (Å²) in [5, 5.41) is 10.4.